The van der Waals surface area contributed by atoms with Gasteiger partial charge in [-0.25, -0.2) is 0 Å². The zero-order valence-corrected chi connectivity index (χ0v) is 14.5. The van der Waals surface area contributed by atoms with E-state index in [1.54, 1.807) is 24.3 Å². The first-order valence-corrected chi connectivity index (χ1v) is 8.94. The Hall–Kier alpha value is -2.62. The number of rotatable bonds is 3. The number of nitrogens with zero attached hydrogens (tertiary/aromatic N) is 2. The Balaban J connectivity index is 1.60. The fourth-order valence-corrected chi connectivity index (χ4v) is 3.83. The van der Waals surface area contributed by atoms with Crippen LogP contribution in [-0.4, -0.2) is 29.8 Å². The first-order valence-electron chi connectivity index (χ1n) is 8.94. The lowest BCUT2D eigenvalue weighted by Crippen LogP contribution is -2.31. The van der Waals surface area contributed by atoms with E-state index in [9.17, 15) is 9.59 Å². The van der Waals surface area contributed by atoms with E-state index in [4.69, 9.17) is 0 Å². The van der Waals surface area contributed by atoms with Crippen molar-refractivity contribution in [2.75, 3.05) is 18.0 Å². The number of hydrogen-bond donors (Lipinski definition) is 0. The molecule has 2 aromatic rings. The Bertz CT molecular complexity index is 803. The third-order valence-corrected chi connectivity index (χ3v) is 5.06. The second kappa shape index (κ2) is 6.36. The Kier molecular flexibility index (Phi) is 4.04. The summed E-state index contributed by atoms with van der Waals surface area (Å²) in [5, 5.41) is 0. The smallest absolute Gasteiger partial charge is 0.261 e. The van der Waals surface area contributed by atoms with Crippen molar-refractivity contribution in [2.24, 2.45) is 0 Å². The van der Waals surface area contributed by atoms with E-state index in [-0.39, 0.29) is 11.8 Å². The van der Waals surface area contributed by atoms with E-state index in [2.05, 4.69) is 30.0 Å². The first-order chi connectivity index (χ1) is 12.1. The normalized spacial score (nSPS) is 17.2. The summed E-state index contributed by atoms with van der Waals surface area (Å²) in [6, 6.07) is 13.4. The van der Waals surface area contributed by atoms with Crippen LogP contribution >= 0.6 is 0 Å². The van der Waals surface area contributed by atoms with Crippen molar-refractivity contribution >= 4 is 17.5 Å². The van der Waals surface area contributed by atoms with Gasteiger partial charge in [0, 0.05) is 18.8 Å². The van der Waals surface area contributed by atoms with E-state index in [0.717, 1.165) is 24.2 Å². The zero-order chi connectivity index (χ0) is 17.4. The van der Waals surface area contributed by atoms with E-state index in [1.165, 1.54) is 29.8 Å². The molecule has 128 valence electrons. The van der Waals surface area contributed by atoms with Crippen molar-refractivity contribution in [3.05, 3.63) is 64.7 Å². The highest BCUT2D eigenvalue weighted by atomic mass is 16.2. The molecule has 0 saturated carbocycles. The molecular weight excluding hydrogens is 312 g/mol. The summed E-state index contributed by atoms with van der Waals surface area (Å²) in [6.07, 6.45) is 3.74. The Morgan fingerprint density at radius 1 is 0.880 bits per heavy atom. The molecule has 0 bridgehead atoms. The van der Waals surface area contributed by atoms with Crippen LogP contribution in [-0.2, 0) is 6.54 Å². The SMILES string of the molecule is Cc1cc(CN2C(=O)c3ccccc3C2=O)cc(N2CCCCC2)c1. The monoisotopic (exact) mass is 334 g/mol. The minimum absolute atomic E-state index is 0.193. The lowest BCUT2D eigenvalue weighted by atomic mass is 10.1. The number of anilines is 1. The molecule has 25 heavy (non-hydrogen) atoms. The summed E-state index contributed by atoms with van der Waals surface area (Å²) in [5.74, 6) is -0.386. The summed E-state index contributed by atoms with van der Waals surface area (Å²) in [5.41, 5.74) is 4.39. The molecule has 2 heterocycles. The maximum Gasteiger partial charge on any atom is 0.261 e. The highest BCUT2D eigenvalue weighted by Gasteiger charge is 2.35. The summed E-state index contributed by atoms with van der Waals surface area (Å²) < 4.78 is 0. The minimum atomic E-state index is -0.193. The molecule has 0 N–H and O–H groups in total. The molecule has 0 unspecified atom stereocenters. The van der Waals surface area contributed by atoms with Crippen molar-refractivity contribution in [1.82, 2.24) is 4.90 Å². The fourth-order valence-electron chi connectivity index (χ4n) is 3.83. The molecule has 4 rings (SSSR count). The maximum atomic E-state index is 12.6. The molecule has 0 spiro atoms. The lowest BCUT2D eigenvalue weighted by Gasteiger charge is -2.29. The van der Waals surface area contributed by atoms with Gasteiger partial charge >= 0.3 is 0 Å². The Labute approximate surface area is 148 Å². The van der Waals surface area contributed by atoms with Crippen LogP contribution in [0.4, 0.5) is 5.69 Å². The zero-order valence-electron chi connectivity index (χ0n) is 14.5. The van der Waals surface area contributed by atoms with Gasteiger partial charge in [-0.1, -0.05) is 18.2 Å². The molecule has 1 saturated heterocycles. The lowest BCUT2D eigenvalue weighted by molar-refractivity contribution is 0.0642. The molecule has 0 atom stereocenters. The number of benzene rings is 2. The number of fused-ring (bicyclic) bond motifs is 1. The predicted octanol–water partition coefficient (Wildman–Crippen LogP) is 3.78. The summed E-state index contributed by atoms with van der Waals surface area (Å²) in [7, 11) is 0. The van der Waals surface area contributed by atoms with E-state index >= 15 is 0 Å². The van der Waals surface area contributed by atoms with Crippen molar-refractivity contribution in [1.29, 1.82) is 0 Å². The van der Waals surface area contributed by atoms with Gasteiger partial charge in [0.1, 0.15) is 0 Å². The van der Waals surface area contributed by atoms with Crippen LogP contribution < -0.4 is 4.90 Å². The van der Waals surface area contributed by atoms with Gasteiger partial charge in [-0.2, -0.15) is 0 Å². The second-order valence-corrected chi connectivity index (χ2v) is 6.97. The molecule has 2 aliphatic heterocycles. The molecular formula is C21H22N2O2. The van der Waals surface area contributed by atoms with E-state index in [0.29, 0.717) is 17.7 Å². The fraction of sp³-hybridized carbons (Fsp3) is 0.333. The molecule has 2 aliphatic rings. The number of hydrogen-bond acceptors (Lipinski definition) is 3. The van der Waals surface area contributed by atoms with Crippen molar-refractivity contribution in [3.8, 4) is 0 Å². The van der Waals surface area contributed by atoms with Crippen LogP contribution in [0, 0.1) is 6.92 Å². The van der Waals surface area contributed by atoms with Gasteiger partial charge in [0.05, 0.1) is 17.7 Å². The topological polar surface area (TPSA) is 40.6 Å². The van der Waals surface area contributed by atoms with Gasteiger partial charge in [0.2, 0.25) is 0 Å². The largest absolute Gasteiger partial charge is 0.372 e. The molecule has 0 aromatic heterocycles. The van der Waals surface area contributed by atoms with Crippen LogP contribution in [0.2, 0.25) is 0 Å². The Morgan fingerprint density at radius 3 is 2.16 bits per heavy atom. The molecule has 2 aromatic carbocycles. The van der Waals surface area contributed by atoms with Crippen LogP contribution in [0.5, 0.6) is 0 Å². The molecule has 4 heteroatoms. The average Bonchev–Trinajstić information content (AvgIpc) is 2.87. The average molecular weight is 334 g/mol. The first kappa shape index (κ1) is 15.9. The van der Waals surface area contributed by atoms with Crippen molar-refractivity contribution in [3.63, 3.8) is 0 Å². The number of piperidine rings is 1. The molecule has 0 aliphatic carbocycles. The predicted molar refractivity (Wildman–Crippen MR) is 97.9 cm³/mol. The highest BCUT2D eigenvalue weighted by Crippen LogP contribution is 2.27. The number of amides is 2. The summed E-state index contributed by atoms with van der Waals surface area (Å²) >= 11 is 0. The van der Waals surface area contributed by atoms with E-state index in [1.807, 2.05) is 0 Å². The molecule has 2 amide bonds. The number of carbonyl (C=O) groups excluding carboxylic acids is 2. The van der Waals surface area contributed by atoms with Crippen LogP contribution in [0.1, 0.15) is 51.1 Å². The standard InChI is InChI=1S/C21H22N2O2/c1-15-11-16(13-17(12-15)22-9-5-2-6-10-22)14-23-20(24)18-7-3-4-8-19(18)21(23)25/h3-4,7-8,11-13H,2,5-6,9-10,14H2,1H3. The van der Waals surface area contributed by atoms with Gasteiger partial charge in [0.25, 0.3) is 11.8 Å². The summed E-state index contributed by atoms with van der Waals surface area (Å²) in [4.78, 5) is 28.9. The Morgan fingerprint density at radius 2 is 1.52 bits per heavy atom. The number of carbonyl (C=O) groups is 2. The van der Waals surface area contributed by atoms with Crippen LogP contribution in [0.15, 0.2) is 42.5 Å². The van der Waals surface area contributed by atoms with E-state index < -0.39 is 0 Å². The maximum absolute atomic E-state index is 12.6. The molecule has 0 radical (unpaired) electrons. The van der Waals surface area contributed by atoms with Gasteiger partial charge < -0.3 is 4.90 Å². The van der Waals surface area contributed by atoms with Gasteiger partial charge in [-0.3, -0.25) is 14.5 Å². The quantitative estimate of drug-likeness (QED) is 0.802. The second-order valence-electron chi connectivity index (χ2n) is 6.97. The van der Waals surface area contributed by atoms with Gasteiger partial charge in [-0.15, -0.1) is 0 Å². The summed E-state index contributed by atoms with van der Waals surface area (Å²) in [6.45, 7) is 4.56. The number of aryl methyl sites for hydroxylation is 1. The molecule has 4 nitrogen and oxygen atoms in total. The third kappa shape index (κ3) is 2.93. The molecule has 1 fully saturated rings. The van der Waals surface area contributed by atoms with Crippen LogP contribution in [0.25, 0.3) is 0 Å². The highest BCUT2D eigenvalue weighted by molar-refractivity contribution is 6.21. The minimum Gasteiger partial charge on any atom is -0.372 e. The number of imide groups is 1. The van der Waals surface area contributed by atoms with Gasteiger partial charge in [0.15, 0.2) is 0 Å². The third-order valence-electron chi connectivity index (χ3n) is 5.06. The van der Waals surface area contributed by atoms with Crippen LogP contribution in [0.3, 0.4) is 0 Å². The van der Waals surface area contributed by atoms with Crippen molar-refractivity contribution in [2.45, 2.75) is 32.7 Å². The van der Waals surface area contributed by atoms with Gasteiger partial charge in [-0.05, 0) is 61.6 Å². The van der Waals surface area contributed by atoms with Crippen molar-refractivity contribution < 1.29 is 9.59 Å².